The molecule has 0 aromatic rings. The minimum Gasteiger partial charge on any atom is -0.469 e. The summed E-state index contributed by atoms with van der Waals surface area (Å²) in [7, 11) is 2.78. The predicted octanol–water partition coefficient (Wildman–Crippen LogP) is 0.243. The third-order valence-electron chi connectivity index (χ3n) is 3.25. The van der Waals surface area contributed by atoms with Crippen LogP contribution >= 0.6 is 0 Å². The Morgan fingerprint density at radius 1 is 1.29 bits per heavy atom. The number of esters is 1. The van der Waals surface area contributed by atoms with Gasteiger partial charge in [-0.2, -0.15) is 0 Å². The van der Waals surface area contributed by atoms with E-state index in [0.717, 1.165) is 0 Å². The molecule has 17 heavy (non-hydrogen) atoms. The first-order valence-corrected chi connectivity index (χ1v) is 5.51. The highest BCUT2D eigenvalue weighted by Gasteiger charge is 2.51. The van der Waals surface area contributed by atoms with Crippen molar-refractivity contribution in [2.45, 2.75) is 37.9 Å². The Hall–Kier alpha value is -0.980. The van der Waals surface area contributed by atoms with Gasteiger partial charge in [0.2, 0.25) is 0 Å². The highest BCUT2D eigenvalue weighted by molar-refractivity contribution is 5.90. The van der Waals surface area contributed by atoms with Crippen molar-refractivity contribution < 1.29 is 28.5 Å². The number of ether oxygens (including phenoxy) is 4. The Morgan fingerprint density at radius 2 is 1.82 bits per heavy atom. The van der Waals surface area contributed by atoms with Crippen molar-refractivity contribution >= 4 is 11.8 Å². The van der Waals surface area contributed by atoms with Gasteiger partial charge in [-0.25, -0.2) is 0 Å². The topological polar surface area (TPSA) is 71.1 Å². The van der Waals surface area contributed by atoms with Gasteiger partial charge in [0.25, 0.3) is 5.97 Å². The van der Waals surface area contributed by atoms with Gasteiger partial charge in [0, 0.05) is 14.0 Å². The molecular weight excluding hydrogens is 228 g/mol. The summed E-state index contributed by atoms with van der Waals surface area (Å²) in [5, 5.41) is 0. The van der Waals surface area contributed by atoms with Crippen LogP contribution in [0.15, 0.2) is 0 Å². The Morgan fingerprint density at radius 3 is 2.24 bits per heavy atom. The summed E-state index contributed by atoms with van der Waals surface area (Å²) in [5.74, 6) is -2.01. The lowest BCUT2D eigenvalue weighted by Crippen LogP contribution is -2.58. The second-order valence-electron chi connectivity index (χ2n) is 4.37. The van der Waals surface area contributed by atoms with Gasteiger partial charge >= 0.3 is 5.97 Å². The van der Waals surface area contributed by atoms with Crippen molar-refractivity contribution in [1.29, 1.82) is 0 Å². The number of carbonyl (C=O) groups is 2. The summed E-state index contributed by atoms with van der Waals surface area (Å²) in [6.45, 7) is 1.61. The van der Waals surface area contributed by atoms with Crippen LogP contribution in [-0.2, 0) is 28.5 Å². The highest BCUT2D eigenvalue weighted by Crippen LogP contribution is 2.36. The van der Waals surface area contributed by atoms with E-state index < -0.39 is 18.2 Å². The number of Topliss-reactive ketones (excluding diaryl/α,β-unsaturated/α-hetero) is 1. The molecule has 1 heterocycles. The van der Waals surface area contributed by atoms with E-state index in [1.54, 1.807) is 6.92 Å². The van der Waals surface area contributed by atoms with E-state index in [-0.39, 0.29) is 17.7 Å². The Balaban J connectivity index is 2.13. The van der Waals surface area contributed by atoms with E-state index in [2.05, 4.69) is 4.74 Å². The molecule has 2 fully saturated rings. The van der Waals surface area contributed by atoms with Gasteiger partial charge < -0.3 is 18.9 Å². The molecule has 1 saturated carbocycles. The molecule has 0 spiro atoms. The number of rotatable bonds is 2. The van der Waals surface area contributed by atoms with Crippen LogP contribution in [0.1, 0.15) is 19.8 Å². The number of fused-ring (bicyclic) bond motifs is 2. The van der Waals surface area contributed by atoms with Crippen LogP contribution in [0.5, 0.6) is 0 Å². The van der Waals surface area contributed by atoms with Gasteiger partial charge in [-0.05, 0) is 12.8 Å². The molecule has 0 aromatic heterocycles. The summed E-state index contributed by atoms with van der Waals surface area (Å²) in [4.78, 5) is 23.3. The molecule has 1 aliphatic heterocycles. The smallest absolute Gasteiger partial charge is 0.308 e. The zero-order valence-corrected chi connectivity index (χ0v) is 10.1. The minimum absolute atomic E-state index is 0.125. The molecule has 2 rings (SSSR count). The zero-order valence-electron chi connectivity index (χ0n) is 10.1. The molecule has 1 aliphatic carbocycles. The van der Waals surface area contributed by atoms with E-state index in [4.69, 9.17) is 14.2 Å². The van der Waals surface area contributed by atoms with Crippen molar-refractivity contribution in [1.82, 2.24) is 0 Å². The maximum atomic E-state index is 11.8. The van der Waals surface area contributed by atoms with Gasteiger partial charge in [0.05, 0.1) is 13.0 Å². The fourth-order valence-electron chi connectivity index (χ4n) is 2.27. The molecule has 6 heteroatoms. The molecule has 2 aliphatic rings. The number of hydrogen-bond donors (Lipinski definition) is 0. The van der Waals surface area contributed by atoms with Crippen molar-refractivity contribution in [2.24, 2.45) is 5.92 Å². The Labute approximate surface area is 99.2 Å². The third kappa shape index (κ3) is 2.20. The first-order valence-electron chi connectivity index (χ1n) is 5.51. The van der Waals surface area contributed by atoms with Crippen LogP contribution in [0.4, 0.5) is 0 Å². The largest absolute Gasteiger partial charge is 0.469 e. The molecule has 4 atom stereocenters. The molecule has 6 nitrogen and oxygen atoms in total. The fraction of sp³-hybridized carbons (Fsp3) is 0.818. The van der Waals surface area contributed by atoms with Crippen LogP contribution in [-0.4, -0.2) is 44.2 Å². The first kappa shape index (κ1) is 12.5. The SMILES string of the molecule is COC(=O)C1C[C@@H]2OC(C)(OC)O[C@H](C1)C2=O. The summed E-state index contributed by atoms with van der Waals surface area (Å²) >= 11 is 0. The van der Waals surface area contributed by atoms with E-state index in [1.807, 2.05) is 0 Å². The van der Waals surface area contributed by atoms with Gasteiger partial charge in [0.15, 0.2) is 5.78 Å². The standard InChI is InChI=1S/C11H16O6/c1-11(15-3)16-7-4-6(10(13)14-2)5-8(17-11)9(7)12/h6-8H,4-5H2,1-3H3/t6?,7-,8+,11?. The number of methoxy groups -OCH3 is 2. The van der Waals surface area contributed by atoms with Gasteiger partial charge in [-0.3, -0.25) is 9.59 Å². The molecule has 96 valence electrons. The first-order chi connectivity index (χ1) is 7.99. The van der Waals surface area contributed by atoms with Gasteiger partial charge in [-0.1, -0.05) is 0 Å². The second kappa shape index (κ2) is 4.36. The molecule has 0 amide bonds. The molecular formula is C11H16O6. The third-order valence-corrected chi connectivity index (χ3v) is 3.25. The van der Waals surface area contributed by atoms with Gasteiger partial charge in [0.1, 0.15) is 12.2 Å². The molecule has 0 radical (unpaired) electrons. The second-order valence-corrected chi connectivity index (χ2v) is 4.37. The van der Waals surface area contributed by atoms with Gasteiger partial charge in [-0.15, -0.1) is 0 Å². The maximum absolute atomic E-state index is 11.8. The molecule has 0 aromatic carbocycles. The quantitative estimate of drug-likeness (QED) is 0.648. The summed E-state index contributed by atoms with van der Waals surface area (Å²) in [5.41, 5.74) is 0. The van der Waals surface area contributed by atoms with Crippen LogP contribution in [0.25, 0.3) is 0 Å². The van der Waals surface area contributed by atoms with Crippen molar-refractivity contribution in [3.8, 4) is 0 Å². The lowest BCUT2D eigenvalue weighted by molar-refractivity contribution is -0.403. The van der Waals surface area contributed by atoms with Crippen LogP contribution in [0, 0.1) is 5.92 Å². The zero-order chi connectivity index (χ0) is 12.6. The lowest BCUT2D eigenvalue weighted by Gasteiger charge is -2.44. The van der Waals surface area contributed by atoms with Crippen molar-refractivity contribution in [3.63, 3.8) is 0 Å². The number of carbonyl (C=O) groups excluding carboxylic acids is 2. The Bertz CT molecular complexity index is 321. The summed E-state index contributed by atoms with van der Waals surface area (Å²) in [6.07, 6.45) is -0.664. The normalized spacial score (nSPS) is 41.1. The van der Waals surface area contributed by atoms with Crippen LogP contribution < -0.4 is 0 Å². The highest BCUT2D eigenvalue weighted by atomic mass is 16.9. The average molecular weight is 244 g/mol. The van der Waals surface area contributed by atoms with E-state index in [1.165, 1.54) is 14.2 Å². The predicted molar refractivity (Wildman–Crippen MR) is 54.9 cm³/mol. The average Bonchev–Trinajstić information content (AvgIpc) is 2.30. The molecule has 0 N–H and O–H groups in total. The summed E-state index contributed by atoms with van der Waals surface area (Å²) < 4.78 is 20.6. The summed E-state index contributed by atoms with van der Waals surface area (Å²) in [6, 6.07) is 0. The lowest BCUT2D eigenvalue weighted by atomic mass is 9.83. The fourth-order valence-corrected chi connectivity index (χ4v) is 2.27. The van der Waals surface area contributed by atoms with Crippen molar-refractivity contribution in [2.75, 3.05) is 14.2 Å². The molecule has 2 unspecified atom stereocenters. The van der Waals surface area contributed by atoms with E-state index >= 15 is 0 Å². The molecule has 2 bridgehead atoms. The van der Waals surface area contributed by atoms with E-state index in [9.17, 15) is 9.59 Å². The number of ketones is 1. The van der Waals surface area contributed by atoms with Crippen LogP contribution in [0.3, 0.4) is 0 Å². The molecule has 1 saturated heterocycles. The van der Waals surface area contributed by atoms with Crippen LogP contribution in [0.2, 0.25) is 0 Å². The van der Waals surface area contributed by atoms with Crippen molar-refractivity contribution in [3.05, 3.63) is 0 Å². The monoisotopic (exact) mass is 244 g/mol. The van der Waals surface area contributed by atoms with E-state index in [0.29, 0.717) is 12.8 Å². The number of hydrogen-bond acceptors (Lipinski definition) is 6. The maximum Gasteiger partial charge on any atom is 0.308 e. The minimum atomic E-state index is -1.20. The Kier molecular flexibility index (Phi) is 3.20.